The molecule has 0 bridgehead atoms. The van der Waals surface area contributed by atoms with E-state index in [4.69, 9.17) is 4.74 Å². The molecule has 3 nitrogen and oxygen atoms in total. The lowest BCUT2D eigenvalue weighted by molar-refractivity contribution is -0.149. The van der Waals surface area contributed by atoms with Crippen LogP contribution < -0.4 is 5.32 Å². The molecule has 1 fully saturated rings. The van der Waals surface area contributed by atoms with Crippen molar-refractivity contribution in [3.63, 3.8) is 0 Å². The van der Waals surface area contributed by atoms with Gasteiger partial charge in [-0.2, -0.15) is 0 Å². The predicted molar refractivity (Wildman–Crippen MR) is 77.1 cm³/mol. The third-order valence-corrected chi connectivity index (χ3v) is 3.87. The normalized spacial score (nSPS) is 18.1. The van der Waals surface area contributed by atoms with Crippen molar-refractivity contribution in [2.45, 2.75) is 51.0 Å². The van der Waals surface area contributed by atoms with E-state index >= 15 is 0 Å². The minimum Gasteiger partial charge on any atom is -0.464 e. The molecule has 0 radical (unpaired) electrons. The van der Waals surface area contributed by atoms with Crippen LogP contribution in [0, 0.1) is 5.82 Å². The summed E-state index contributed by atoms with van der Waals surface area (Å²) in [7, 11) is 0. The molecule has 0 atom stereocenters. The molecule has 1 aliphatic rings. The van der Waals surface area contributed by atoms with Gasteiger partial charge in [0.25, 0.3) is 0 Å². The number of carbonyl (C=O) groups is 1. The lowest BCUT2D eigenvalue weighted by Gasteiger charge is -2.32. The van der Waals surface area contributed by atoms with Crippen LogP contribution in [-0.2, 0) is 9.53 Å². The quantitative estimate of drug-likeness (QED) is 0.671. The second-order valence-electron chi connectivity index (χ2n) is 5.32. The van der Waals surface area contributed by atoms with E-state index in [0.717, 1.165) is 25.7 Å². The van der Waals surface area contributed by atoms with Crippen molar-refractivity contribution < 1.29 is 13.9 Å². The van der Waals surface area contributed by atoms with Crippen LogP contribution in [0.4, 0.5) is 10.1 Å². The smallest absolute Gasteiger partial charge is 0.331 e. The van der Waals surface area contributed by atoms with Gasteiger partial charge in [0.15, 0.2) is 0 Å². The first-order valence-corrected chi connectivity index (χ1v) is 7.38. The molecule has 20 heavy (non-hydrogen) atoms. The number of para-hydroxylation sites is 1. The van der Waals surface area contributed by atoms with Gasteiger partial charge in [-0.1, -0.05) is 37.8 Å². The molecule has 0 aromatic heterocycles. The molecule has 2 rings (SSSR count). The number of nitrogens with one attached hydrogen (secondary N) is 1. The molecule has 0 amide bonds. The van der Waals surface area contributed by atoms with Crippen LogP contribution in [0.2, 0.25) is 0 Å². The van der Waals surface area contributed by atoms with E-state index < -0.39 is 5.54 Å². The number of ether oxygens (including phenoxy) is 1. The first-order valence-electron chi connectivity index (χ1n) is 7.38. The van der Waals surface area contributed by atoms with Gasteiger partial charge in [0.2, 0.25) is 0 Å². The molecule has 0 heterocycles. The standard InChI is InChI=1S/C16H22FNO2/c1-2-20-15(19)16(11-7-3-4-8-12-16)18-14-10-6-5-9-13(14)17/h5-6,9-10,18H,2-4,7-8,11-12H2,1H3. The molecule has 4 heteroatoms. The van der Waals surface area contributed by atoms with Crippen molar-refractivity contribution in [3.8, 4) is 0 Å². The molecule has 1 aromatic rings. The lowest BCUT2D eigenvalue weighted by Crippen LogP contribution is -2.47. The van der Waals surface area contributed by atoms with Crippen molar-refractivity contribution in [3.05, 3.63) is 30.1 Å². The first-order chi connectivity index (χ1) is 9.68. The van der Waals surface area contributed by atoms with Crippen LogP contribution in [0.3, 0.4) is 0 Å². The van der Waals surface area contributed by atoms with Gasteiger partial charge in [-0.25, -0.2) is 9.18 Å². The monoisotopic (exact) mass is 279 g/mol. The zero-order valence-electron chi connectivity index (χ0n) is 12.0. The Bertz CT molecular complexity index is 454. The summed E-state index contributed by atoms with van der Waals surface area (Å²) < 4.78 is 19.1. The van der Waals surface area contributed by atoms with E-state index in [1.165, 1.54) is 6.07 Å². The van der Waals surface area contributed by atoms with Gasteiger partial charge < -0.3 is 10.1 Å². The van der Waals surface area contributed by atoms with Crippen molar-refractivity contribution in [2.24, 2.45) is 0 Å². The topological polar surface area (TPSA) is 38.3 Å². The van der Waals surface area contributed by atoms with E-state index in [0.29, 0.717) is 25.1 Å². The average Bonchev–Trinajstić information content (AvgIpc) is 2.68. The van der Waals surface area contributed by atoms with Crippen LogP contribution in [0.25, 0.3) is 0 Å². The van der Waals surface area contributed by atoms with Crippen molar-refractivity contribution >= 4 is 11.7 Å². The van der Waals surface area contributed by atoms with Crippen LogP contribution in [-0.4, -0.2) is 18.1 Å². The molecule has 0 unspecified atom stereocenters. The summed E-state index contributed by atoms with van der Waals surface area (Å²) >= 11 is 0. The van der Waals surface area contributed by atoms with E-state index in [-0.39, 0.29) is 11.8 Å². The first kappa shape index (κ1) is 14.8. The largest absolute Gasteiger partial charge is 0.464 e. The van der Waals surface area contributed by atoms with E-state index in [2.05, 4.69) is 5.32 Å². The van der Waals surface area contributed by atoms with E-state index in [1.807, 2.05) is 0 Å². The summed E-state index contributed by atoms with van der Waals surface area (Å²) in [6, 6.07) is 6.48. The molecule has 0 aliphatic heterocycles. The number of hydrogen-bond acceptors (Lipinski definition) is 3. The third kappa shape index (κ3) is 3.30. The van der Waals surface area contributed by atoms with Crippen LogP contribution in [0.15, 0.2) is 24.3 Å². The molecule has 1 aliphatic carbocycles. The van der Waals surface area contributed by atoms with Gasteiger partial charge in [0.1, 0.15) is 11.4 Å². The van der Waals surface area contributed by atoms with Crippen molar-refractivity contribution in [1.82, 2.24) is 0 Å². The fourth-order valence-corrected chi connectivity index (χ4v) is 2.80. The highest BCUT2D eigenvalue weighted by Gasteiger charge is 2.40. The highest BCUT2D eigenvalue weighted by molar-refractivity contribution is 5.84. The summed E-state index contributed by atoms with van der Waals surface area (Å²) in [6.07, 6.45) is 5.53. The number of rotatable bonds is 4. The maximum absolute atomic E-state index is 13.9. The van der Waals surface area contributed by atoms with Crippen molar-refractivity contribution in [2.75, 3.05) is 11.9 Å². The molecule has 0 spiro atoms. The summed E-state index contributed by atoms with van der Waals surface area (Å²) in [5.41, 5.74) is -0.406. The average molecular weight is 279 g/mol. The molecule has 1 N–H and O–H groups in total. The Kier molecular flexibility index (Phi) is 4.99. The summed E-state index contributed by atoms with van der Waals surface area (Å²) in [6.45, 7) is 2.14. The Morgan fingerprint density at radius 3 is 2.50 bits per heavy atom. The van der Waals surface area contributed by atoms with Crippen LogP contribution in [0.1, 0.15) is 45.4 Å². The Labute approximate surface area is 119 Å². The number of hydrogen-bond donors (Lipinski definition) is 1. The number of anilines is 1. The Balaban J connectivity index is 2.26. The molecular formula is C16H22FNO2. The van der Waals surface area contributed by atoms with Crippen LogP contribution >= 0.6 is 0 Å². The number of benzene rings is 1. The fraction of sp³-hybridized carbons (Fsp3) is 0.562. The van der Waals surface area contributed by atoms with Gasteiger partial charge in [0, 0.05) is 0 Å². The van der Waals surface area contributed by atoms with Crippen LogP contribution in [0.5, 0.6) is 0 Å². The van der Waals surface area contributed by atoms with Gasteiger partial charge >= 0.3 is 5.97 Å². The van der Waals surface area contributed by atoms with Gasteiger partial charge in [0.05, 0.1) is 12.3 Å². The Hall–Kier alpha value is -1.58. The van der Waals surface area contributed by atoms with E-state index in [1.54, 1.807) is 25.1 Å². The third-order valence-electron chi connectivity index (χ3n) is 3.87. The summed E-state index contributed by atoms with van der Waals surface area (Å²) in [4.78, 5) is 12.4. The Morgan fingerprint density at radius 2 is 1.90 bits per heavy atom. The minimum atomic E-state index is -0.783. The van der Waals surface area contributed by atoms with Gasteiger partial charge in [-0.15, -0.1) is 0 Å². The maximum Gasteiger partial charge on any atom is 0.331 e. The zero-order valence-corrected chi connectivity index (χ0v) is 12.0. The SMILES string of the molecule is CCOC(=O)C1(Nc2ccccc2F)CCCCCC1. The number of carbonyl (C=O) groups excluding carboxylic acids is 1. The Morgan fingerprint density at radius 1 is 1.25 bits per heavy atom. The van der Waals surface area contributed by atoms with Gasteiger partial charge in [-0.3, -0.25) is 0 Å². The molecule has 0 saturated heterocycles. The van der Waals surface area contributed by atoms with E-state index in [9.17, 15) is 9.18 Å². The zero-order chi connectivity index (χ0) is 14.4. The number of halogens is 1. The lowest BCUT2D eigenvalue weighted by atomic mass is 9.89. The number of esters is 1. The minimum absolute atomic E-state index is 0.259. The maximum atomic E-state index is 13.9. The highest BCUT2D eigenvalue weighted by atomic mass is 19.1. The summed E-state index contributed by atoms with van der Waals surface area (Å²) in [5, 5.41) is 3.14. The summed E-state index contributed by atoms with van der Waals surface area (Å²) in [5.74, 6) is -0.592. The molecule has 110 valence electrons. The predicted octanol–water partition coefficient (Wildman–Crippen LogP) is 3.89. The highest BCUT2D eigenvalue weighted by Crippen LogP contribution is 2.32. The second-order valence-corrected chi connectivity index (χ2v) is 5.32. The molecule has 1 aromatic carbocycles. The molecular weight excluding hydrogens is 257 g/mol. The fourth-order valence-electron chi connectivity index (χ4n) is 2.80. The molecule has 1 saturated carbocycles. The van der Waals surface area contributed by atoms with Crippen molar-refractivity contribution in [1.29, 1.82) is 0 Å². The van der Waals surface area contributed by atoms with Gasteiger partial charge in [-0.05, 0) is 31.9 Å². The second kappa shape index (κ2) is 6.73.